The van der Waals surface area contributed by atoms with E-state index in [1.54, 1.807) is 0 Å². The van der Waals surface area contributed by atoms with Gasteiger partial charge in [-0.2, -0.15) is 24.3 Å². The first kappa shape index (κ1) is 41.5. The van der Waals surface area contributed by atoms with E-state index in [1.807, 2.05) is 12.1 Å². The van der Waals surface area contributed by atoms with Gasteiger partial charge in [-0.05, 0) is 73.4 Å². The van der Waals surface area contributed by atoms with Gasteiger partial charge in [0.2, 0.25) is 0 Å². The normalized spacial score (nSPS) is 15.4. The molecule has 5 heteroatoms. The van der Waals surface area contributed by atoms with Crippen molar-refractivity contribution in [2.45, 2.75) is 64.7 Å². The van der Waals surface area contributed by atoms with Gasteiger partial charge < -0.3 is 13.9 Å². The first-order valence-electron chi connectivity index (χ1n) is 23.2. The first-order chi connectivity index (χ1) is 32.0. The molecule has 3 aromatic heterocycles. The molecule has 0 unspecified atom stereocenters. The van der Waals surface area contributed by atoms with E-state index in [9.17, 15) is 0 Å². The molecule has 3 aliphatic rings. The summed E-state index contributed by atoms with van der Waals surface area (Å²) in [6.45, 7) is 18.7. The van der Waals surface area contributed by atoms with Crippen LogP contribution in [-0.4, -0.2) is 14.0 Å². The Balaban J connectivity index is 0.000000140. The summed E-state index contributed by atoms with van der Waals surface area (Å²) < 4.78 is 4.86. The summed E-state index contributed by atoms with van der Waals surface area (Å²) in [5, 5.41) is 11.2. The van der Waals surface area contributed by atoms with Crippen LogP contribution in [0.25, 0.3) is 81.9 Å². The van der Waals surface area contributed by atoms with E-state index < -0.39 is 0 Å². The summed E-state index contributed by atoms with van der Waals surface area (Å²) in [6.07, 6.45) is 0. The van der Waals surface area contributed by atoms with Crippen molar-refractivity contribution in [2.75, 3.05) is 4.90 Å². The zero-order valence-electron chi connectivity index (χ0n) is 38.8. The second-order valence-corrected chi connectivity index (χ2v) is 20.1. The van der Waals surface area contributed by atoms with Crippen LogP contribution in [-0.2, 0) is 36.4 Å². The number of hydrogen-bond donors (Lipinski definition) is 0. The van der Waals surface area contributed by atoms with Gasteiger partial charge in [0.15, 0.2) is 0 Å². The summed E-state index contributed by atoms with van der Waals surface area (Å²) in [5.74, 6) is 0. The van der Waals surface area contributed by atoms with E-state index in [4.69, 9.17) is 4.98 Å². The topological polar surface area (TPSA) is 25.5 Å². The Morgan fingerprint density at radius 3 is 1.85 bits per heavy atom. The summed E-state index contributed by atoms with van der Waals surface area (Å²) >= 11 is 0. The van der Waals surface area contributed by atoms with Crippen LogP contribution in [0.2, 0.25) is 0 Å². The summed E-state index contributed by atoms with van der Waals surface area (Å²) in [4.78, 5) is 7.65. The molecule has 0 radical (unpaired) electrons. The predicted octanol–water partition coefficient (Wildman–Crippen LogP) is 15.8. The molecule has 0 N–H and O–H groups in total. The van der Waals surface area contributed by atoms with Crippen molar-refractivity contribution in [1.82, 2.24) is 14.0 Å². The third-order valence-corrected chi connectivity index (χ3v) is 15.9. The van der Waals surface area contributed by atoms with Gasteiger partial charge in [0, 0.05) is 33.3 Å². The molecule has 4 nitrogen and oxygen atoms in total. The van der Waals surface area contributed by atoms with Gasteiger partial charge >= 0.3 is 20.1 Å². The van der Waals surface area contributed by atoms with E-state index in [2.05, 4.69) is 233 Å². The minimum absolute atomic E-state index is 0. The fraction of sp³-hybridized carbons (Fsp3) is 0.161. The summed E-state index contributed by atoms with van der Waals surface area (Å²) in [7, 11) is 0. The Bertz CT molecular complexity index is 3960. The van der Waals surface area contributed by atoms with E-state index in [1.165, 1.54) is 98.8 Å². The van der Waals surface area contributed by atoms with Gasteiger partial charge in [-0.3, -0.25) is 4.98 Å². The molecule has 0 aliphatic carbocycles. The quantitative estimate of drug-likeness (QED) is 0.121. The van der Waals surface area contributed by atoms with Crippen molar-refractivity contribution < 1.29 is 20.1 Å². The van der Waals surface area contributed by atoms with Crippen molar-refractivity contribution in [2.24, 2.45) is 0 Å². The van der Waals surface area contributed by atoms with Crippen LogP contribution in [0, 0.1) is 25.7 Å². The minimum atomic E-state index is -0.127. The molecule has 0 amide bonds. The van der Waals surface area contributed by atoms with Gasteiger partial charge in [-0.25, -0.2) is 0 Å². The maximum atomic E-state index is 5.29. The SMILES string of the molecule is CC1(C)c2ccc[c-]c2N2[CH-]n3c4ccccc4c4ccccc4c4ccccc4c4ccc1c2c43.Cc1ccc2c3c1c1ccc[c-]c1c1nc(-c4ccccc4)c(n13)C(C)(C)C2(C)C.[Ir+3]. The van der Waals surface area contributed by atoms with Gasteiger partial charge in [0.25, 0.3) is 0 Å². The molecule has 8 aromatic carbocycles. The number of aromatic nitrogens is 3. The van der Waals surface area contributed by atoms with Crippen LogP contribution in [0.4, 0.5) is 11.4 Å². The van der Waals surface area contributed by atoms with Gasteiger partial charge in [-0.1, -0.05) is 191 Å². The number of benzene rings is 8. The number of rotatable bonds is 1. The number of para-hydroxylation sites is 2. The van der Waals surface area contributed by atoms with E-state index >= 15 is 0 Å². The molecule has 67 heavy (non-hydrogen) atoms. The zero-order chi connectivity index (χ0) is 44.9. The number of hydrogen-bond acceptors (Lipinski definition) is 2. The number of nitrogens with zero attached hydrogens (tertiary/aromatic N) is 4. The molecule has 0 saturated carbocycles. The number of imidazole rings is 1. The molecule has 0 fully saturated rings. The Morgan fingerprint density at radius 1 is 0.522 bits per heavy atom. The molecular weight excluding hydrogens is 993 g/mol. The van der Waals surface area contributed by atoms with Crippen LogP contribution < -0.4 is 4.90 Å². The zero-order valence-corrected chi connectivity index (χ0v) is 41.2. The fourth-order valence-corrected chi connectivity index (χ4v) is 11.9. The van der Waals surface area contributed by atoms with E-state index in [0.29, 0.717) is 0 Å². The standard InChI is InChI=1S/C34H24N2.C28H25N2.Ir/c1-34(2)28-16-8-10-18-31(28)36-21-35-30-17-9-7-15-26(30)24-13-5-3-11-22(24)23-12-4-6-14-25(23)27-19-20-29(34)33(36)32(27)35;1-17-15-16-21-24-22(17)19-13-9-10-14-20(19)26-29-23(18-11-7-6-8-12-18)25(30(24)26)28(4,5)27(21,2)3;/h3-17,19-21H,1-2H3;6-13,15-16H,1-5H3;/q-2;-1;+3. The molecular formula is C62H49IrN4. The van der Waals surface area contributed by atoms with Crippen LogP contribution in [0.1, 0.15) is 69.5 Å². The summed E-state index contributed by atoms with van der Waals surface area (Å²) in [6, 6.07) is 66.2. The Labute approximate surface area is 405 Å². The molecule has 6 heterocycles. The molecule has 0 atom stereocenters. The maximum Gasteiger partial charge on any atom is 3.00 e. The average Bonchev–Trinajstić information content (AvgIpc) is 3.96. The smallest absolute Gasteiger partial charge is 0.459 e. The molecule has 11 aromatic rings. The monoisotopic (exact) mass is 1040 g/mol. The van der Waals surface area contributed by atoms with Crippen LogP contribution >= 0.6 is 0 Å². The number of pyridine rings is 1. The number of anilines is 2. The van der Waals surface area contributed by atoms with E-state index in [0.717, 1.165) is 22.4 Å². The predicted molar refractivity (Wildman–Crippen MR) is 277 cm³/mol. The third-order valence-electron chi connectivity index (χ3n) is 15.9. The van der Waals surface area contributed by atoms with E-state index in [-0.39, 0.29) is 36.4 Å². The second kappa shape index (κ2) is 14.5. The van der Waals surface area contributed by atoms with Crippen LogP contribution in [0.15, 0.2) is 164 Å². The van der Waals surface area contributed by atoms with Crippen LogP contribution in [0.5, 0.6) is 0 Å². The second-order valence-electron chi connectivity index (χ2n) is 20.1. The molecule has 326 valence electrons. The fourth-order valence-electron chi connectivity index (χ4n) is 11.9. The van der Waals surface area contributed by atoms with Crippen molar-refractivity contribution in [3.63, 3.8) is 0 Å². The average molecular weight is 1040 g/mol. The Kier molecular flexibility index (Phi) is 9.01. The molecule has 3 aliphatic heterocycles. The van der Waals surface area contributed by atoms with Crippen molar-refractivity contribution in [3.8, 4) is 11.3 Å². The van der Waals surface area contributed by atoms with Crippen molar-refractivity contribution in [1.29, 1.82) is 0 Å². The summed E-state index contributed by atoms with van der Waals surface area (Å²) in [5.41, 5.74) is 15.8. The van der Waals surface area contributed by atoms with Gasteiger partial charge in [-0.15, -0.1) is 35.2 Å². The molecule has 14 rings (SSSR count). The first-order valence-corrected chi connectivity index (χ1v) is 23.2. The van der Waals surface area contributed by atoms with Gasteiger partial charge in [0.1, 0.15) is 0 Å². The third kappa shape index (κ3) is 5.50. The Hall–Kier alpha value is -6.91. The number of aryl methyl sites for hydroxylation is 1. The van der Waals surface area contributed by atoms with Crippen LogP contribution in [0.3, 0.4) is 0 Å². The van der Waals surface area contributed by atoms with Crippen molar-refractivity contribution >= 4 is 82.0 Å². The molecule has 0 saturated heterocycles. The Morgan fingerprint density at radius 2 is 1.12 bits per heavy atom. The van der Waals surface area contributed by atoms with Gasteiger partial charge in [0.05, 0.1) is 11.3 Å². The maximum absolute atomic E-state index is 5.29. The molecule has 0 bridgehead atoms. The number of fused-ring (bicyclic) bond motifs is 12. The van der Waals surface area contributed by atoms with Crippen molar-refractivity contribution in [3.05, 3.63) is 211 Å². The largest absolute Gasteiger partial charge is 3.00 e. The minimum Gasteiger partial charge on any atom is -0.459 e. The molecule has 0 spiro atoms.